The van der Waals surface area contributed by atoms with Gasteiger partial charge in [-0.3, -0.25) is 4.79 Å². The summed E-state index contributed by atoms with van der Waals surface area (Å²) < 4.78 is 26.7. The normalized spacial score (nSPS) is 15.8. The zero-order valence-electron chi connectivity index (χ0n) is 14.6. The van der Waals surface area contributed by atoms with Crippen LogP contribution in [0.4, 0.5) is 0 Å². The summed E-state index contributed by atoms with van der Waals surface area (Å²) in [4.78, 5) is 12.5. The van der Waals surface area contributed by atoms with E-state index < -0.39 is 15.9 Å². The molecule has 2 aromatic carbocycles. The highest BCUT2D eigenvalue weighted by Crippen LogP contribution is 2.21. The molecule has 0 atom stereocenters. The lowest BCUT2D eigenvalue weighted by atomic mass is 10.1. The third kappa shape index (κ3) is 4.00. The predicted octanol–water partition coefficient (Wildman–Crippen LogP) is 2.63. The minimum atomic E-state index is -3.55. The van der Waals surface area contributed by atoms with Gasteiger partial charge in [0.2, 0.25) is 10.0 Å². The molecule has 26 heavy (non-hydrogen) atoms. The lowest BCUT2D eigenvalue weighted by molar-refractivity contribution is 0.0954. The van der Waals surface area contributed by atoms with Gasteiger partial charge < -0.3 is 0 Å². The first-order valence-corrected chi connectivity index (χ1v) is 9.93. The van der Waals surface area contributed by atoms with E-state index in [0.29, 0.717) is 18.8 Å². The average Bonchev–Trinajstić information content (AvgIpc) is 3.22. The van der Waals surface area contributed by atoms with Crippen molar-refractivity contribution >= 4 is 21.6 Å². The van der Waals surface area contributed by atoms with Gasteiger partial charge in [-0.15, -0.1) is 0 Å². The van der Waals surface area contributed by atoms with E-state index >= 15 is 0 Å². The average molecular weight is 371 g/mol. The van der Waals surface area contributed by atoms with Crippen LogP contribution in [0.1, 0.15) is 35.7 Å². The first-order valence-electron chi connectivity index (χ1n) is 8.49. The number of carbonyl (C=O) groups excluding carboxylic acids is 1. The molecule has 1 N–H and O–H groups in total. The maximum atomic E-state index is 12.6. The van der Waals surface area contributed by atoms with Crippen LogP contribution in [-0.4, -0.2) is 37.4 Å². The molecule has 6 nitrogen and oxygen atoms in total. The van der Waals surface area contributed by atoms with E-state index in [2.05, 4.69) is 10.5 Å². The van der Waals surface area contributed by atoms with Crippen molar-refractivity contribution in [3.63, 3.8) is 0 Å². The summed E-state index contributed by atoms with van der Waals surface area (Å²) in [6.07, 6.45) is 1.74. The van der Waals surface area contributed by atoms with Crippen molar-refractivity contribution in [3.05, 3.63) is 65.7 Å². The third-order valence-corrected chi connectivity index (χ3v) is 6.21. The van der Waals surface area contributed by atoms with Gasteiger partial charge in [0.1, 0.15) is 0 Å². The largest absolute Gasteiger partial charge is 0.271 e. The van der Waals surface area contributed by atoms with Crippen molar-refractivity contribution in [3.8, 4) is 0 Å². The van der Waals surface area contributed by atoms with Crippen LogP contribution < -0.4 is 5.43 Å². The predicted molar refractivity (Wildman–Crippen MR) is 101 cm³/mol. The maximum Gasteiger partial charge on any atom is 0.271 e. The van der Waals surface area contributed by atoms with Crippen molar-refractivity contribution in [1.29, 1.82) is 0 Å². The van der Waals surface area contributed by atoms with E-state index in [1.54, 1.807) is 19.1 Å². The van der Waals surface area contributed by atoms with Crippen molar-refractivity contribution in [2.45, 2.75) is 24.7 Å². The highest BCUT2D eigenvalue weighted by Gasteiger charge is 2.27. The summed E-state index contributed by atoms with van der Waals surface area (Å²) in [5.74, 6) is -0.446. The monoisotopic (exact) mass is 371 g/mol. The Bertz CT molecular complexity index is 918. The zero-order valence-corrected chi connectivity index (χ0v) is 15.4. The van der Waals surface area contributed by atoms with E-state index in [9.17, 15) is 13.2 Å². The van der Waals surface area contributed by atoms with E-state index in [0.717, 1.165) is 18.4 Å². The van der Waals surface area contributed by atoms with Gasteiger partial charge >= 0.3 is 0 Å². The fraction of sp³-hybridized carbons (Fsp3) is 0.263. The fourth-order valence-electron chi connectivity index (χ4n) is 2.82. The molecule has 0 aromatic heterocycles. The Morgan fingerprint density at radius 2 is 1.65 bits per heavy atom. The molecule has 7 heteroatoms. The summed E-state index contributed by atoms with van der Waals surface area (Å²) in [5, 5.41) is 4.10. The molecule has 0 saturated carbocycles. The molecule has 3 rings (SSSR count). The molecule has 1 fully saturated rings. The van der Waals surface area contributed by atoms with E-state index in [1.807, 2.05) is 30.3 Å². The topological polar surface area (TPSA) is 78.8 Å². The number of amides is 1. The lowest BCUT2D eigenvalue weighted by Crippen LogP contribution is -2.28. The van der Waals surface area contributed by atoms with E-state index in [1.165, 1.54) is 16.4 Å². The number of carbonyl (C=O) groups is 1. The maximum absolute atomic E-state index is 12.6. The molecule has 1 amide bonds. The summed E-state index contributed by atoms with van der Waals surface area (Å²) in [6.45, 7) is 2.85. The first kappa shape index (κ1) is 18.3. The van der Waals surface area contributed by atoms with Crippen LogP contribution in [0.2, 0.25) is 0 Å². The highest BCUT2D eigenvalue weighted by molar-refractivity contribution is 7.89. The van der Waals surface area contributed by atoms with Gasteiger partial charge in [0.15, 0.2) is 0 Å². The Kier molecular flexibility index (Phi) is 5.49. The first-order chi connectivity index (χ1) is 12.5. The standard InChI is InChI=1S/C19H21N3O3S/c1-15(16-8-3-2-4-9-16)20-21-19(23)17-10-7-11-18(14-17)26(24,25)22-12-5-6-13-22/h2-4,7-11,14H,5-6,12-13H2,1H3,(H,21,23). The Balaban J connectivity index is 1.76. The number of benzene rings is 2. The van der Waals surface area contributed by atoms with Crippen LogP contribution in [-0.2, 0) is 10.0 Å². The molecule has 1 heterocycles. The Labute approximate surface area is 153 Å². The van der Waals surface area contributed by atoms with E-state index in [-0.39, 0.29) is 10.5 Å². The number of hydrogen-bond donors (Lipinski definition) is 1. The Morgan fingerprint density at radius 1 is 1.00 bits per heavy atom. The number of hydrazone groups is 1. The molecule has 0 aliphatic carbocycles. The Morgan fingerprint density at radius 3 is 2.35 bits per heavy atom. The van der Waals surface area contributed by atoms with Gasteiger partial charge in [0, 0.05) is 18.7 Å². The lowest BCUT2D eigenvalue weighted by Gasteiger charge is -2.15. The molecule has 0 bridgehead atoms. The van der Waals surface area contributed by atoms with E-state index in [4.69, 9.17) is 0 Å². The van der Waals surface area contributed by atoms with Crippen molar-refractivity contribution < 1.29 is 13.2 Å². The molecular weight excluding hydrogens is 350 g/mol. The minimum absolute atomic E-state index is 0.135. The van der Waals surface area contributed by atoms with Crippen molar-refractivity contribution in [2.24, 2.45) is 5.10 Å². The number of nitrogens with one attached hydrogen (secondary N) is 1. The Hall–Kier alpha value is -2.51. The second-order valence-corrected chi connectivity index (χ2v) is 8.08. The van der Waals surface area contributed by atoms with Crippen LogP contribution in [0.25, 0.3) is 0 Å². The van der Waals surface area contributed by atoms with Gasteiger partial charge in [-0.1, -0.05) is 36.4 Å². The minimum Gasteiger partial charge on any atom is -0.267 e. The SMILES string of the molecule is CC(=NNC(=O)c1cccc(S(=O)(=O)N2CCCC2)c1)c1ccccc1. The summed E-state index contributed by atoms with van der Waals surface area (Å²) >= 11 is 0. The molecule has 1 saturated heterocycles. The number of rotatable bonds is 5. The third-order valence-electron chi connectivity index (χ3n) is 4.32. The zero-order chi connectivity index (χ0) is 18.6. The van der Waals surface area contributed by atoms with Crippen molar-refractivity contribution in [2.75, 3.05) is 13.1 Å². The summed E-state index contributed by atoms with van der Waals surface area (Å²) in [6, 6.07) is 15.5. The quantitative estimate of drug-likeness (QED) is 0.648. The van der Waals surface area contributed by atoms with Gasteiger partial charge in [-0.2, -0.15) is 9.41 Å². The van der Waals surface area contributed by atoms with Gasteiger partial charge in [-0.25, -0.2) is 13.8 Å². The van der Waals surface area contributed by atoms with Crippen LogP contribution in [0.5, 0.6) is 0 Å². The van der Waals surface area contributed by atoms with Crippen LogP contribution in [0.3, 0.4) is 0 Å². The second-order valence-electron chi connectivity index (χ2n) is 6.14. The molecule has 0 radical (unpaired) electrons. The van der Waals surface area contributed by atoms with Gasteiger partial charge in [0.25, 0.3) is 5.91 Å². The number of sulfonamides is 1. The van der Waals surface area contributed by atoms with Crippen LogP contribution in [0.15, 0.2) is 64.6 Å². The molecule has 1 aliphatic rings. The van der Waals surface area contributed by atoms with Gasteiger partial charge in [-0.05, 0) is 43.5 Å². The van der Waals surface area contributed by atoms with Crippen LogP contribution in [0, 0.1) is 0 Å². The van der Waals surface area contributed by atoms with Crippen molar-refractivity contribution in [1.82, 2.24) is 9.73 Å². The van der Waals surface area contributed by atoms with Crippen LogP contribution >= 0.6 is 0 Å². The summed E-state index contributed by atoms with van der Waals surface area (Å²) in [5.41, 5.74) is 4.31. The van der Waals surface area contributed by atoms with Gasteiger partial charge in [0.05, 0.1) is 10.6 Å². The second kappa shape index (κ2) is 7.80. The fourth-order valence-corrected chi connectivity index (χ4v) is 4.38. The molecular formula is C19H21N3O3S. The highest BCUT2D eigenvalue weighted by atomic mass is 32.2. The molecule has 0 spiro atoms. The smallest absolute Gasteiger partial charge is 0.267 e. The molecule has 0 unspecified atom stereocenters. The molecule has 2 aromatic rings. The number of hydrogen-bond acceptors (Lipinski definition) is 4. The number of nitrogens with zero attached hydrogens (tertiary/aromatic N) is 2. The molecule has 136 valence electrons. The summed E-state index contributed by atoms with van der Waals surface area (Å²) in [7, 11) is -3.55. The molecule has 1 aliphatic heterocycles.